The van der Waals surface area contributed by atoms with Crippen LogP contribution in [0.4, 0.5) is 0 Å². The van der Waals surface area contributed by atoms with Crippen LogP contribution in [0.3, 0.4) is 0 Å². The van der Waals surface area contributed by atoms with Crippen LogP contribution in [0.1, 0.15) is 27.8 Å². The number of ether oxygens (including phenoxy) is 6. The van der Waals surface area contributed by atoms with Gasteiger partial charge in [-0.1, -0.05) is 158 Å². The minimum Gasteiger partial charge on any atom is -0.374 e. The molecular weight excluding hydrogens is 612 g/mol. The first-order chi connectivity index (χ1) is 24.2. The first-order valence-electron chi connectivity index (χ1n) is 16.8. The molecule has 1 aliphatic heterocycles. The molecule has 1 aliphatic rings. The van der Waals surface area contributed by atoms with Gasteiger partial charge in [0.25, 0.3) is 0 Å². The van der Waals surface area contributed by atoms with Crippen molar-refractivity contribution in [2.75, 3.05) is 6.61 Å². The third kappa shape index (κ3) is 9.61. The Kier molecular flexibility index (Phi) is 12.5. The molecule has 6 rings (SSSR count). The zero-order valence-corrected chi connectivity index (χ0v) is 27.7. The van der Waals surface area contributed by atoms with Crippen LogP contribution in [-0.4, -0.2) is 36.8 Å². The van der Waals surface area contributed by atoms with Gasteiger partial charge < -0.3 is 28.4 Å². The van der Waals surface area contributed by atoms with Crippen molar-refractivity contribution in [1.29, 1.82) is 0 Å². The lowest BCUT2D eigenvalue weighted by Crippen LogP contribution is -2.67. The molecule has 1 heterocycles. The van der Waals surface area contributed by atoms with Crippen LogP contribution in [-0.2, 0) is 61.5 Å². The van der Waals surface area contributed by atoms with Crippen molar-refractivity contribution in [2.45, 2.75) is 63.2 Å². The maximum atomic E-state index is 6.97. The molecule has 6 nitrogen and oxygen atoms in total. The molecule has 49 heavy (non-hydrogen) atoms. The first kappa shape index (κ1) is 34.5. The molecule has 0 N–H and O–H groups in total. The van der Waals surface area contributed by atoms with Crippen LogP contribution in [0.2, 0.25) is 0 Å². The molecule has 0 unspecified atom stereocenters. The number of hydrogen-bond acceptors (Lipinski definition) is 6. The van der Waals surface area contributed by atoms with Gasteiger partial charge in [0.1, 0.15) is 24.4 Å². The molecule has 252 valence electrons. The Morgan fingerprint density at radius 1 is 0.490 bits per heavy atom. The summed E-state index contributed by atoms with van der Waals surface area (Å²) in [6.07, 6.45) is -0.834. The third-order valence-electron chi connectivity index (χ3n) is 8.55. The van der Waals surface area contributed by atoms with E-state index in [0.717, 1.165) is 27.8 Å². The second kappa shape index (κ2) is 17.8. The van der Waals surface area contributed by atoms with E-state index < -0.39 is 30.2 Å². The van der Waals surface area contributed by atoms with Crippen molar-refractivity contribution >= 4 is 0 Å². The molecule has 5 aromatic rings. The molecule has 0 aliphatic carbocycles. The maximum absolute atomic E-state index is 6.97. The smallest absolute Gasteiger partial charge is 0.218 e. The van der Waals surface area contributed by atoms with E-state index in [0.29, 0.717) is 26.4 Å². The highest BCUT2D eigenvalue weighted by atomic mass is 16.7. The lowest BCUT2D eigenvalue weighted by molar-refractivity contribution is -0.366. The van der Waals surface area contributed by atoms with Crippen LogP contribution in [0.15, 0.2) is 164 Å². The van der Waals surface area contributed by atoms with Gasteiger partial charge in [0.05, 0.1) is 39.6 Å². The second-order valence-electron chi connectivity index (χ2n) is 12.1. The van der Waals surface area contributed by atoms with E-state index in [1.165, 1.54) is 0 Å². The normalized spacial score (nSPS) is 22.0. The van der Waals surface area contributed by atoms with E-state index in [2.05, 4.69) is 6.58 Å². The average Bonchev–Trinajstić information content (AvgIpc) is 3.17. The summed E-state index contributed by atoms with van der Waals surface area (Å²) in [5.41, 5.74) is 5.15. The van der Waals surface area contributed by atoms with Gasteiger partial charge in [0, 0.05) is 0 Å². The molecule has 1 fully saturated rings. The van der Waals surface area contributed by atoms with Crippen LogP contribution in [0.25, 0.3) is 0 Å². The van der Waals surface area contributed by atoms with E-state index in [4.69, 9.17) is 28.4 Å². The summed E-state index contributed by atoms with van der Waals surface area (Å²) in [4.78, 5) is 0. The summed E-state index contributed by atoms with van der Waals surface area (Å²) in [7, 11) is 0. The summed E-state index contributed by atoms with van der Waals surface area (Å²) >= 11 is 0. The van der Waals surface area contributed by atoms with Gasteiger partial charge in [-0.25, -0.2) is 0 Å². The zero-order chi connectivity index (χ0) is 33.6. The van der Waals surface area contributed by atoms with E-state index in [1.54, 1.807) is 6.08 Å². The highest BCUT2D eigenvalue weighted by Crippen LogP contribution is 2.39. The highest BCUT2D eigenvalue weighted by Gasteiger charge is 2.56. The van der Waals surface area contributed by atoms with Crippen LogP contribution in [0, 0.1) is 0 Å². The molecule has 0 saturated carbocycles. The Bertz CT molecular complexity index is 1650. The van der Waals surface area contributed by atoms with Crippen molar-refractivity contribution in [3.8, 4) is 0 Å². The largest absolute Gasteiger partial charge is 0.374 e. The summed E-state index contributed by atoms with van der Waals surface area (Å²) in [6, 6.07) is 50.4. The zero-order valence-electron chi connectivity index (χ0n) is 27.7. The Morgan fingerprint density at radius 2 is 0.878 bits per heavy atom. The van der Waals surface area contributed by atoms with Crippen molar-refractivity contribution in [3.63, 3.8) is 0 Å². The van der Waals surface area contributed by atoms with Crippen LogP contribution < -0.4 is 0 Å². The fourth-order valence-corrected chi connectivity index (χ4v) is 5.98. The quantitative estimate of drug-likeness (QED) is 0.0937. The molecule has 0 bridgehead atoms. The molecule has 5 aromatic carbocycles. The predicted octanol–water partition coefficient (Wildman–Crippen LogP) is 8.46. The number of benzene rings is 5. The van der Waals surface area contributed by atoms with Gasteiger partial charge >= 0.3 is 0 Å². The minimum atomic E-state index is -1.39. The van der Waals surface area contributed by atoms with Gasteiger partial charge in [0.15, 0.2) is 0 Å². The molecule has 0 aromatic heterocycles. The predicted molar refractivity (Wildman–Crippen MR) is 190 cm³/mol. The van der Waals surface area contributed by atoms with E-state index in [1.807, 2.05) is 152 Å². The lowest BCUT2D eigenvalue weighted by atomic mass is 9.91. The highest BCUT2D eigenvalue weighted by molar-refractivity contribution is 5.19. The van der Waals surface area contributed by atoms with Crippen molar-refractivity contribution in [3.05, 3.63) is 192 Å². The summed E-state index contributed by atoms with van der Waals surface area (Å²) in [5, 5.41) is 0. The Hall–Kier alpha value is -4.40. The van der Waals surface area contributed by atoms with Gasteiger partial charge in [-0.05, 0) is 33.9 Å². The van der Waals surface area contributed by atoms with Crippen molar-refractivity contribution in [2.24, 2.45) is 0 Å². The van der Waals surface area contributed by atoms with Gasteiger partial charge in [-0.2, -0.15) is 0 Å². The topological polar surface area (TPSA) is 55.4 Å². The first-order valence-corrected chi connectivity index (χ1v) is 16.8. The maximum Gasteiger partial charge on any atom is 0.218 e. The lowest BCUT2D eigenvalue weighted by Gasteiger charge is -2.51. The van der Waals surface area contributed by atoms with E-state index in [-0.39, 0.29) is 13.2 Å². The van der Waals surface area contributed by atoms with Crippen molar-refractivity contribution in [1.82, 2.24) is 0 Å². The fraction of sp³-hybridized carbons (Fsp3) is 0.256. The molecular formula is C43H44O6. The van der Waals surface area contributed by atoms with Gasteiger partial charge in [-0.15, -0.1) is 0 Å². The summed E-state index contributed by atoms with van der Waals surface area (Å²) < 4.78 is 40.5. The van der Waals surface area contributed by atoms with Crippen LogP contribution >= 0.6 is 0 Å². The van der Waals surface area contributed by atoms with Crippen molar-refractivity contribution < 1.29 is 28.4 Å². The Morgan fingerprint density at radius 3 is 1.33 bits per heavy atom. The monoisotopic (exact) mass is 656 g/mol. The standard InChI is InChI=1S/C43H44O6/c1-2-43(48-32-38-26-16-7-17-27-38)42(47-31-37-24-14-6-15-25-37)41(46-30-36-22-12-5-13-23-36)40(45-29-35-20-10-4-11-21-35)39(49-43)33-44-28-34-18-8-3-9-19-34/h2-27,39-42H,1,28-33H2/t39-,40+,41+,42-,43+/m1/s1. The second-order valence-corrected chi connectivity index (χ2v) is 12.1. The fourth-order valence-electron chi connectivity index (χ4n) is 5.98. The number of rotatable bonds is 17. The summed E-state index contributed by atoms with van der Waals surface area (Å²) in [6.45, 7) is 6.17. The molecule has 6 heteroatoms. The van der Waals surface area contributed by atoms with Gasteiger partial charge in [-0.3, -0.25) is 0 Å². The minimum absolute atomic E-state index is 0.231. The molecule has 0 amide bonds. The van der Waals surface area contributed by atoms with Gasteiger partial charge in [0.2, 0.25) is 5.79 Å². The third-order valence-corrected chi connectivity index (χ3v) is 8.55. The summed E-state index contributed by atoms with van der Waals surface area (Å²) in [5.74, 6) is -1.39. The Labute approximate surface area is 289 Å². The molecule has 0 radical (unpaired) electrons. The van der Waals surface area contributed by atoms with E-state index >= 15 is 0 Å². The average molecular weight is 657 g/mol. The van der Waals surface area contributed by atoms with Crippen LogP contribution in [0.5, 0.6) is 0 Å². The number of hydrogen-bond donors (Lipinski definition) is 0. The Balaban J connectivity index is 1.36. The van der Waals surface area contributed by atoms with E-state index in [9.17, 15) is 0 Å². The molecule has 5 atom stereocenters. The molecule has 0 spiro atoms. The SMILES string of the molecule is C=C[C@]1(OCc2ccccc2)O[C@H](COCc2ccccc2)[C@H](OCc2ccccc2)[C@H](OCc2ccccc2)[C@H]1OCc1ccccc1. The molecule has 1 saturated heterocycles.